The van der Waals surface area contributed by atoms with E-state index in [1.807, 2.05) is 24.3 Å². The summed E-state index contributed by atoms with van der Waals surface area (Å²) in [6.45, 7) is 4.77. The SMILES string of the molecule is O=C(O)NC(c1ccccc1)(c1cc(OCCCCCCCCCNC[C@H](O)c2ccc(O)c3[nH]c(=O)ccc23)cc(-c2cccs2)c1)[C@H]1CN2CCC1CC2. The van der Waals surface area contributed by atoms with E-state index in [0.29, 0.717) is 35.5 Å². The number of hydrogen-bond acceptors (Lipinski definition) is 8. The number of benzene rings is 3. The number of amides is 1. The van der Waals surface area contributed by atoms with E-state index in [4.69, 9.17) is 4.74 Å². The second-order valence-corrected chi connectivity index (χ2v) is 16.3. The quantitative estimate of drug-likeness (QED) is 0.0460. The molecule has 3 saturated heterocycles. The van der Waals surface area contributed by atoms with Crippen molar-refractivity contribution in [1.29, 1.82) is 0 Å². The number of pyridine rings is 1. The maximum Gasteiger partial charge on any atom is 0.405 e. The van der Waals surface area contributed by atoms with E-state index in [0.717, 1.165) is 111 Å². The van der Waals surface area contributed by atoms with Crippen molar-refractivity contribution in [3.05, 3.63) is 117 Å². The molecule has 3 atom stereocenters. The fourth-order valence-corrected chi connectivity index (χ4v) is 9.69. The number of aromatic hydroxyl groups is 1. The lowest BCUT2D eigenvalue weighted by atomic mass is 9.63. The second kappa shape index (κ2) is 18.5. The van der Waals surface area contributed by atoms with Gasteiger partial charge in [-0.1, -0.05) is 74.6 Å². The first-order valence-electron chi connectivity index (χ1n) is 20.2. The molecule has 0 radical (unpaired) electrons. The van der Waals surface area contributed by atoms with Gasteiger partial charge in [-0.05, 0) is 115 Å². The maximum atomic E-state index is 12.7. The van der Waals surface area contributed by atoms with Gasteiger partial charge < -0.3 is 40.6 Å². The molecule has 1 amide bonds. The van der Waals surface area contributed by atoms with Gasteiger partial charge in [-0.3, -0.25) is 4.79 Å². The minimum Gasteiger partial charge on any atom is -0.506 e. The van der Waals surface area contributed by atoms with Crippen LogP contribution in [0.1, 0.15) is 80.6 Å². The Morgan fingerprint density at radius 3 is 2.39 bits per heavy atom. The van der Waals surface area contributed by atoms with Gasteiger partial charge in [-0.2, -0.15) is 0 Å². The number of hydrogen-bond donors (Lipinski definition) is 6. The van der Waals surface area contributed by atoms with E-state index in [2.05, 4.69) is 62.3 Å². The lowest BCUT2D eigenvalue weighted by Crippen LogP contribution is -2.61. The molecule has 5 aromatic rings. The minimum absolute atomic E-state index is 0.0140. The summed E-state index contributed by atoms with van der Waals surface area (Å²) in [5.74, 6) is 1.25. The number of nitrogens with zero attached hydrogens (tertiary/aromatic N) is 1. The molecule has 0 aliphatic carbocycles. The number of thiophene rings is 1. The van der Waals surface area contributed by atoms with Crippen LogP contribution in [0.5, 0.6) is 11.5 Å². The predicted octanol–water partition coefficient (Wildman–Crippen LogP) is 8.25. The lowest BCUT2D eigenvalue weighted by Gasteiger charge is -2.53. The normalized spacial score (nSPS) is 19.4. The smallest absolute Gasteiger partial charge is 0.405 e. The number of H-pyrrole nitrogens is 1. The molecular weight excluding hydrogens is 725 g/mol. The first kappa shape index (κ1) is 39.6. The Balaban J connectivity index is 0.915. The summed E-state index contributed by atoms with van der Waals surface area (Å²) < 4.78 is 6.49. The number of fused-ring (bicyclic) bond motifs is 4. The summed E-state index contributed by atoms with van der Waals surface area (Å²) in [4.78, 5) is 30.7. The molecule has 3 aliphatic rings. The first-order valence-corrected chi connectivity index (χ1v) is 21.0. The van der Waals surface area contributed by atoms with Crippen LogP contribution in [0, 0.1) is 11.8 Å². The zero-order chi connectivity index (χ0) is 38.9. The number of phenols is 1. The molecule has 2 bridgehead atoms. The van der Waals surface area contributed by atoms with Crippen LogP contribution < -0.4 is 20.9 Å². The Morgan fingerprint density at radius 2 is 1.68 bits per heavy atom. The molecule has 5 heterocycles. The molecule has 0 saturated carbocycles. The monoisotopic (exact) mass is 778 g/mol. The average molecular weight is 779 g/mol. The van der Waals surface area contributed by atoms with Crippen LogP contribution in [0.4, 0.5) is 4.79 Å². The number of aromatic nitrogens is 1. The number of phenolic OH excluding ortho intramolecular Hbond substituents is 1. The van der Waals surface area contributed by atoms with Gasteiger partial charge in [0.05, 0.1) is 23.8 Å². The summed E-state index contributed by atoms with van der Waals surface area (Å²) in [6.07, 6.45) is 7.92. The van der Waals surface area contributed by atoms with Crippen molar-refractivity contribution >= 4 is 28.3 Å². The molecule has 3 aliphatic heterocycles. The van der Waals surface area contributed by atoms with Gasteiger partial charge in [-0.25, -0.2) is 4.79 Å². The number of nitrogens with one attached hydrogen (secondary N) is 3. The van der Waals surface area contributed by atoms with Gasteiger partial charge in [0.2, 0.25) is 5.56 Å². The van der Waals surface area contributed by atoms with Crippen LogP contribution in [-0.4, -0.2) is 70.6 Å². The van der Waals surface area contributed by atoms with Crippen molar-refractivity contribution in [2.45, 2.75) is 69.4 Å². The Hall–Kier alpha value is -4.68. The summed E-state index contributed by atoms with van der Waals surface area (Å²) in [5.41, 5.74) is 2.72. The first-order chi connectivity index (χ1) is 27.3. The van der Waals surface area contributed by atoms with Crippen LogP contribution in [0.15, 0.2) is 95.1 Å². The van der Waals surface area contributed by atoms with Crippen LogP contribution in [0.3, 0.4) is 0 Å². The third-order valence-corrected chi connectivity index (χ3v) is 12.7. The number of carbonyl (C=O) groups is 1. The molecule has 11 heteroatoms. The minimum atomic E-state index is -1.02. The average Bonchev–Trinajstić information content (AvgIpc) is 3.77. The zero-order valence-electron chi connectivity index (χ0n) is 31.9. The molecule has 3 aromatic carbocycles. The number of carboxylic acid groups (broad SMARTS) is 1. The van der Waals surface area contributed by atoms with E-state index in [1.54, 1.807) is 23.5 Å². The fraction of sp³-hybridized carbons (Fsp3) is 0.422. The van der Waals surface area contributed by atoms with Crippen molar-refractivity contribution in [3.8, 4) is 21.9 Å². The highest BCUT2D eigenvalue weighted by Crippen LogP contribution is 2.48. The summed E-state index contributed by atoms with van der Waals surface area (Å²) in [5, 5.41) is 40.5. The molecule has 8 rings (SSSR count). The number of aliphatic hydroxyl groups is 1. The van der Waals surface area contributed by atoms with E-state index in [1.165, 1.54) is 12.1 Å². The number of unbranched alkanes of at least 4 members (excludes halogenated alkanes) is 6. The topological polar surface area (TPSA) is 147 Å². The van der Waals surface area contributed by atoms with Gasteiger partial charge in [-0.15, -0.1) is 11.3 Å². The molecule has 296 valence electrons. The zero-order valence-corrected chi connectivity index (χ0v) is 32.7. The Labute approximate surface area is 332 Å². The molecule has 6 N–H and O–H groups in total. The predicted molar refractivity (Wildman–Crippen MR) is 223 cm³/mol. The largest absolute Gasteiger partial charge is 0.506 e. The molecule has 1 unspecified atom stereocenters. The van der Waals surface area contributed by atoms with Crippen molar-refractivity contribution in [3.63, 3.8) is 0 Å². The molecule has 10 nitrogen and oxygen atoms in total. The molecule has 56 heavy (non-hydrogen) atoms. The molecule has 2 aromatic heterocycles. The van der Waals surface area contributed by atoms with Gasteiger partial charge in [0.25, 0.3) is 0 Å². The van der Waals surface area contributed by atoms with Gasteiger partial charge in [0, 0.05) is 35.3 Å². The highest BCUT2D eigenvalue weighted by Gasteiger charge is 2.51. The fourth-order valence-electron chi connectivity index (χ4n) is 8.98. The third kappa shape index (κ3) is 9.13. The Bertz CT molecular complexity index is 2100. The van der Waals surface area contributed by atoms with Crippen LogP contribution in [0.2, 0.25) is 0 Å². The van der Waals surface area contributed by atoms with Gasteiger partial charge in [0.1, 0.15) is 11.5 Å². The standard InChI is InChI=1S/C45H54N4O6S/c50-39-17-15-36(37-16-18-42(52)47-43(37)39)40(51)29-46-21-9-4-2-1-3-5-10-24-55-35-27-32(41-14-11-25-56-41)26-34(28-35)45(48-44(53)54,33-12-7-6-8-13-33)38-30-49-22-19-31(38)20-23-49/h6-8,11-18,25-28,31,38,40,46,48,50-51H,1-5,9-10,19-24,29-30H2,(H,47,52)(H,53,54)/t38-,40-,45?/m0/s1. The Morgan fingerprint density at radius 1 is 0.911 bits per heavy atom. The van der Waals surface area contributed by atoms with Crippen molar-refractivity contribution in [2.75, 3.05) is 39.3 Å². The molecular formula is C45H54N4O6S. The Kier molecular flexibility index (Phi) is 13.1. The summed E-state index contributed by atoms with van der Waals surface area (Å²) in [6, 6.07) is 26.9. The van der Waals surface area contributed by atoms with Gasteiger partial charge in [0.15, 0.2) is 0 Å². The maximum absolute atomic E-state index is 12.7. The highest BCUT2D eigenvalue weighted by atomic mass is 32.1. The van der Waals surface area contributed by atoms with Crippen molar-refractivity contribution < 1.29 is 24.9 Å². The van der Waals surface area contributed by atoms with Gasteiger partial charge >= 0.3 is 6.09 Å². The van der Waals surface area contributed by atoms with Crippen LogP contribution in [-0.2, 0) is 5.54 Å². The highest BCUT2D eigenvalue weighted by molar-refractivity contribution is 7.13. The summed E-state index contributed by atoms with van der Waals surface area (Å²) >= 11 is 1.68. The van der Waals surface area contributed by atoms with E-state index >= 15 is 0 Å². The van der Waals surface area contributed by atoms with E-state index < -0.39 is 17.7 Å². The van der Waals surface area contributed by atoms with Crippen LogP contribution in [0.25, 0.3) is 21.3 Å². The van der Waals surface area contributed by atoms with E-state index in [9.17, 15) is 24.9 Å². The number of ether oxygens (including phenoxy) is 1. The van der Waals surface area contributed by atoms with Crippen molar-refractivity contribution in [2.24, 2.45) is 11.8 Å². The number of rotatable bonds is 19. The molecule has 3 fully saturated rings. The van der Waals surface area contributed by atoms with Crippen LogP contribution >= 0.6 is 11.3 Å². The third-order valence-electron chi connectivity index (χ3n) is 11.8. The number of aromatic amines is 1. The van der Waals surface area contributed by atoms with Crippen molar-refractivity contribution in [1.82, 2.24) is 20.5 Å². The number of aliphatic hydroxyl groups excluding tert-OH is 1. The molecule has 0 spiro atoms. The summed E-state index contributed by atoms with van der Waals surface area (Å²) in [7, 11) is 0. The van der Waals surface area contributed by atoms with E-state index in [-0.39, 0.29) is 17.2 Å². The number of piperidine rings is 3. The second-order valence-electron chi connectivity index (χ2n) is 15.4. The lowest BCUT2D eigenvalue weighted by molar-refractivity contribution is 0.00717.